The van der Waals surface area contributed by atoms with Crippen molar-refractivity contribution in [2.45, 2.75) is 6.16 Å². The molecule has 0 radical (unpaired) electrons. The standard InChI is InChI=1S/C7H8NO2P/c9-8(10)7-4-2-1-3-6(7)5-11/h1-4H,5,11H2. The minimum Gasteiger partial charge on any atom is -0.258 e. The Morgan fingerprint density at radius 1 is 1.45 bits per heavy atom. The van der Waals surface area contributed by atoms with Crippen LogP contribution in [-0.2, 0) is 6.16 Å². The van der Waals surface area contributed by atoms with E-state index in [0.717, 1.165) is 5.56 Å². The summed E-state index contributed by atoms with van der Waals surface area (Å²) in [6.07, 6.45) is 0.622. The first-order chi connectivity index (χ1) is 5.25. The molecule has 3 nitrogen and oxygen atoms in total. The van der Waals surface area contributed by atoms with Gasteiger partial charge in [0.25, 0.3) is 5.69 Å². The molecule has 0 bridgehead atoms. The van der Waals surface area contributed by atoms with Crippen LogP contribution >= 0.6 is 9.24 Å². The van der Waals surface area contributed by atoms with Gasteiger partial charge in [0.15, 0.2) is 0 Å². The molecule has 1 aromatic carbocycles. The molecule has 0 spiro atoms. The van der Waals surface area contributed by atoms with Crippen LogP contribution in [-0.4, -0.2) is 4.92 Å². The van der Waals surface area contributed by atoms with E-state index in [4.69, 9.17) is 0 Å². The summed E-state index contributed by atoms with van der Waals surface area (Å²) in [6.45, 7) is 0. The van der Waals surface area contributed by atoms with Gasteiger partial charge in [-0.1, -0.05) is 18.2 Å². The van der Waals surface area contributed by atoms with Gasteiger partial charge in [-0.3, -0.25) is 10.1 Å². The van der Waals surface area contributed by atoms with Gasteiger partial charge in [0.1, 0.15) is 0 Å². The topological polar surface area (TPSA) is 43.1 Å². The molecule has 11 heavy (non-hydrogen) atoms. The van der Waals surface area contributed by atoms with Crippen LogP contribution < -0.4 is 0 Å². The summed E-state index contributed by atoms with van der Waals surface area (Å²) >= 11 is 0. The quantitative estimate of drug-likeness (QED) is 0.386. The third kappa shape index (κ3) is 1.75. The fourth-order valence-corrected chi connectivity index (χ4v) is 1.21. The molecule has 1 atom stereocenters. The number of benzene rings is 1. The molecule has 0 fully saturated rings. The number of nitro groups is 1. The predicted octanol–water partition coefficient (Wildman–Crippen LogP) is 1.97. The number of nitro benzene ring substituents is 1. The molecule has 1 unspecified atom stereocenters. The second-order valence-corrected chi connectivity index (χ2v) is 2.50. The van der Waals surface area contributed by atoms with Crippen molar-refractivity contribution in [1.82, 2.24) is 0 Å². The molecule has 0 amide bonds. The van der Waals surface area contributed by atoms with Crippen molar-refractivity contribution in [3.63, 3.8) is 0 Å². The van der Waals surface area contributed by atoms with Gasteiger partial charge in [0.2, 0.25) is 0 Å². The van der Waals surface area contributed by atoms with E-state index in [1.807, 2.05) is 0 Å². The van der Waals surface area contributed by atoms with Crippen molar-refractivity contribution in [3.8, 4) is 0 Å². The van der Waals surface area contributed by atoms with Crippen LogP contribution in [0.2, 0.25) is 0 Å². The molecule has 0 aliphatic carbocycles. The molecule has 0 N–H and O–H groups in total. The predicted molar refractivity (Wildman–Crippen MR) is 46.5 cm³/mol. The molecule has 0 aliphatic heterocycles. The van der Waals surface area contributed by atoms with Gasteiger partial charge in [-0.25, -0.2) is 0 Å². The highest BCUT2D eigenvalue weighted by atomic mass is 31.0. The van der Waals surface area contributed by atoms with Crippen LogP contribution in [0.5, 0.6) is 0 Å². The molecule has 0 aliphatic rings. The fraction of sp³-hybridized carbons (Fsp3) is 0.143. The van der Waals surface area contributed by atoms with E-state index in [-0.39, 0.29) is 10.6 Å². The lowest BCUT2D eigenvalue weighted by Crippen LogP contribution is -1.91. The van der Waals surface area contributed by atoms with E-state index >= 15 is 0 Å². The van der Waals surface area contributed by atoms with Gasteiger partial charge in [-0.15, -0.1) is 9.24 Å². The van der Waals surface area contributed by atoms with Crippen LogP contribution in [0.3, 0.4) is 0 Å². The lowest BCUT2D eigenvalue weighted by molar-refractivity contribution is -0.385. The molecule has 0 aromatic heterocycles. The van der Waals surface area contributed by atoms with E-state index in [9.17, 15) is 10.1 Å². The summed E-state index contributed by atoms with van der Waals surface area (Å²) in [5.74, 6) is 0. The lowest BCUT2D eigenvalue weighted by atomic mass is 10.2. The number of para-hydroxylation sites is 1. The highest BCUT2D eigenvalue weighted by molar-refractivity contribution is 7.15. The van der Waals surface area contributed by atoms with E-state index in [0.29, 0.717) is 6.16 Å². The molecule has 0 heterocycles. The molecular weight excluding hydrogens is 161 g/mol. The Morgan fingerprint density at radius 3 is 2.55 bits per heavy atom. The first-order valence-electron chi connectivity index (χ1n) is 3.18. The van der Waals surface area contributed by atoms with Crippen molar-refractivity contribution >= 4 is 14.9 Å². The first kappa shape index (κ1) is 8.15. The summed E-state index contributed by atoms with van der Waals surface area (Å²) in [4.78, 5) is 10.0. The maximum atomic E-state index is 10.4. The SMILES string of the molecule is O=[N+]([O-])c1ccccc1CP. The second-order valence-electron chi connectivity index (χ2n) is 2.09. The minimum atomic E-state index is -0.362. The summed E-state index contributed by atoms with van der Waals surface area (Å²) < 4.78 is 0. The zero-order valence-electron chi connectivity index (χ0n) is 5.86. The smallest absolute Gasteiger partial charge is 0.258 e. The summed E-state index contributed by atoms with van der Waals surface area (Å²) in [6, 6.07) is 6.74. The van der Waals surface area contributed by atoms with E-state index < -0.39 is 0 Å². The van der Waals surface area contributed by atoms with Crippen LogP contribution in [0, 0.1) is 10.1 Å². The normalized spacial score (nSPS) is 9.55. The Kier molecular flexibility index (Phi) is 2.55. The first-order valence-corrected chi connectivity index (χ1v) is 3.99. The fourth-order valence-electron chi connectivity index (χ4n) is 0.862. The number of hydrogen-bond donors (Lipinski definition) is 0. The summed E-state index contributed by atoms with van der Waals surface area (Å²) in [5.41, 5.74) is 0.949. The van der Waals surface area contributed by atoms with E-state index in [1.54, 1.807) is 18.2 Å². The van der Waals surface area contributed by atoms with Crippen molar-refractivity contribution in [3.05, 3.63) is 39.9 Å². The van der Waals surface area contributed by atoms with Gasteiger partial charge in [0.05, 0.1) is 4.92 Å². The molecule has 1 aromatic rings. The van der Waals surface area contributed by atoms with Gasteiger partial charge in [0, 0.05) is 11.6 Å². The number of hydrogen-bond acceptors (Lipinski definition) is 2. The van der Waals surface area contributed by atoms with Crippen LogP contribution in [0.15, 0.2) is 24.3 Å². The van der Waals surface area contributed by atoms with E-state index in [1.165, 1.54) is 6.07 Å². The van der Waals surface area contributed by atoms with Gasteiger partial charge >= 0.3 is 0 Å². The van der Waals surface area contributed by atoms with Gasteiger partial charge in [-0.2, -0.15) is 0 Å². The number of rotatable bonds is 2. The third-order valence-electron chi connectivity index (χ3n) is 1.41. The average Bonchev–Trinajstić information content (AvgIpc) is 2.04. The van der Waals surface area contributed by atoms with Crippen molar-refractivity contribution < 1.29 is 4.92 Å². The van der Waals surface area contributed by atoms with Gasteiger partial charge in [-0.05, 0) is 6.16 Å². The van der Waals surface area contributed by atoms with Crippen LogP contribution in [0.1, 0.15) is 5.56 Å². The average molecular weight is 169 g/mol. The highest BCUT2D eigenvalue weighted by Gasteiger charge is 2.08. The molecule has 1 rings (SSSR count). The third-order valence-corrected chi connectivity index (χ3v) is 1.85. The summed E-state index contributed by atoms with van der Waals surface area (Å²) in [7, 11) is 2.47. The zero-order chi connectivity index (χ0) is 8.27. The molecule has 0 saturated carbocycles. The Morgan fingerprint density at radius 2 is 2.09 bits per heavy atom. The lowest BCUT2D eigenvalue weighted by Gasteiger charge is -1.96. The molecule has 4 heteroatoms. The minimum absolute atomic E-state index is 0.197. The van der Waals surface area contributed by atoms with Crippen LogP contribution in [0.25, 0.3) is 0 Å². The van der Waals surface area contributed by atoms with Crippen molar-refractivity contribution in [2.24, 2.45) is 0 Å². The number of nitrogens with zero attached hydrogens (tertiary/aromatic N) is 1. The second kappa shape index (κ2) is 3.44. The van der Waals surface area contributed by atoms with Crippen molar-refractivity contribution in [1.29, 1.82) is 0 Å². The highest BCUT2D eigenvalue weighted by Crippen LogP contribution is 2.19. The van der Waals surface area contributed by atoms with E-state index in [2.05, 4.69) is 9.24 Å². The molecular formula is C7H8NO2P. The monoisotopic (exact) mass is 169 g/mol. The Hall–Kier alpha value is -0.950. The molecule has 0 saturated heterocycles. The Bertz CT molecular complexity index is 275. The zero-order valence-corrected chi connectivity index (χ0v) is 7.01. The van der Waals surface area contributed by atoms with Gasteiger partial charge < -0.3 is 0 Å². The maximum Gasteiger partial charge on any atom is 0.272 e. The molecule has 58 valence electrons. The summed E-state index contributed by atoms with van der Waals surface area (Å²) in [5, 5.41) is 10.4. The Balaban J connectivity index is 3.12. The Labute approximate surface area is 66.8 Å². The maximum absolute atomic E-state index is 10.4. The van der Waals surface area contributed by atoms with Crippen molar-refractivity contribution in [2.75, 3.05) is 0 Å². The van der Waals surface area contributed by atoms with Crippen LogP contribution in [0.4, 0.5) is 5.69 Å². The largest absolute Gasteiger partial charge is 0.272 e.